The van der Waals surface area contributed by atoms with Crippen molar-refractivity contribution in [2.75, 3.05) is 0 Å². The molecule has 1 heterocycles. The second-order valence-electron chi connectivity index (χ2n) is 2.60. The number of hydrogen-bond donors (Lipinski definition) is 1. The summed E-state index contributed by atoms with van der Waals surface area (Å²) in [6.07, 6.45) is 0.955. The first-order valence-corrected chi connectivity index (χ1v) is 3.58. The number of halogens is 1. The molecular weight excluding hydrogens is 175 g/mol. The zero-order valence-electron chi connectivity index (χ0n) is 6.45. The molecular formula is C9H5FO3. The predicted octanol–water partition coefficient (Wildman–Crippen LogP) is 2.27. The van der Waals surface area contributed by atoms with Gasteiger partial charge in [0.25, 0.3) is 0 Å². The standard InChI is InChI=1S/C9H5FO3/c10-7-4-13-8-2-1-5(9(11)12)3-6(7)8/h1-4H,(H,11,12). The van der Waals surface area contributed by atoms with Crippen LogP contribution in [0.2, 0.25) is 0 Å². The highest BCUT2D eigenvalue weighted by atomic mass is 19.1. The molecule has 13 heavy (non-hydrogen) atoms. The van der Waals surface area contributed by atoms with Gasteiger partial charge in [-0.25, -0.2) is 9.18 Å². The molecule has 0 radical (unpaired) electrons. The first kappa shape index (κ1) is 7.79. The van der Waals surface area contributed by atoms with Crippen LogP contribution in [0.4, 0.5) is 4.39 Å². The average molecular weight is 180 g/mol. The Morgan fingerprint density at radius 2 is 2.23 bits per heavy atom. The summed E-state index contributed by atoms with van der Waals surface area (Å²) in [5, 5.41) is 8.81. The minimum atomic E-state index is -1.08. The molecule has 0 atom stereocenters. The van der Waals surface area contributed by atoms with Crippen LogP contribution in [0.5, 0.6) is 0 Å². The lowest BCUT2D eigenvalue weighted by molar-refractivity contribution is 0.0697. The summed E-state index contributed by atoms with van der Waals surface area (Å²) in [5.74, 6) is -1.62. The molecule has 66 valence electrons. The SMILES string of the molecule is O=C(O)c1ccc2occ(F)c2c1. The zero-order valence-corrected chi connectivity index (χ0v) is 6.45. The van der Waals surface area contributed by atoms with E-state index in [2.05, 4.69) is 0 Å². The van der Waals surface area contributed by atoms with Gasteiger partial charge in [0.2, 0.25) is 0 Å². The van der Waals surface area contributed by atoms with Gasteiger partial charge in [-0.2, -0.15) is 0 Å². The van der Waals surface area contributed by atoms with Crippen LogP contribution in [0.1, 0.15) is 10.4 Å². The minimum Gasteiger partial charge on any atom is -0.478 e. The Morgan fingerprint density at radius 1 is 1.46 bits per heavy atom. The average Bonchev–Trinajstić information content (AvgIpc) is 2.47. The molecule has 0 bridgehead atoms. The first-order chi connectivity index (χ1) is 6.18. The molecule has 0 spiro atoms. The van der Waals surface area contributed by atoms with Crippen molar-refractivity contribution >= 4 is 16.9 Å². The van der Waals surface area contributed by atoms with Crippen LogP contribution in [0.15, 0.2) is 28.9 Å². The second-order valence-corrected chi connectivity index (χ2v) is 2.60. The molecule has 0 fully saturated rings. The number of fused-ring (bicyclic) bond motifs is 1. The normalized spacial score (nSPS) is 10.5. The maximum absolute atomic E-state index is 12.9. The number of furan rings is 1. The third kappa shape index (κ3) is 1.16. The van der Waals surface area contributed by atoms with Crippen LogP contribution < -0.4 is 0 Å². The Morgan fingerprint density at radius 3 is 2.92 bits per heavy atom. The van der Waals surface area contributed by atoms with Gasteiger partial charge in [0, 0.05) is 0 Å². The van der Waals surface area contributed by atoms with Gasteiger partial charge in [-0.05, 0) is 18.2 Å². The fourth-order valence-electron chi connectivity index (χ4n) is 1.13. The lowest BCUT2D eigenvalue weighted by Crippen LogP contribution is -1.94. The monoisotopic (exact) mass is 180 g/mol. The second kappa shape index (κ2) is 2.58. The summed E-state index contributed by atoms with van der Waals surface area (Å²) >= 11 is 0. The van der Waals surface area contributed by atoms with Gasteiger partial charge in [0.15, 0.2) is 5.82 Å². The summed E-state index contributed by atoms with van der Waals surface area (Å²) in [4.78, 5) is 10.5. The van der Waals surface area contributed by atoms with Gasteiger partial charge < -0.3 is 9.52 Å². The van der Waals surface area contributed by atoms with Crippen LogP contribution in [-0.2, 0) is 0 Å². The van der Waals surface area contributed by atoms with Crippen LogP contribution >= 0.6 is 0 Å². The van der Waals surface area contributed by atoms with E-state index in [1.807, 2.05) is 0 Å². The molecule has 1 aromatic heterocycles. The highest BCUT2D eigenvalue weighted by molar-refractivity contribution is 5.93. The fraction of sp³-hybridized carbons (Fsp3) is 0. The molecule has 1 N–H and O–H groups in total. The highest BCUT2D eigenvalue weighted by Crippen LogP contribution is 2.20. The van der Waals surface area contributed by atoms with Gasteiger partial charge >= 0.3 is 5.97 Å². The molecule has 0 aliphatic carbocycles. The largest absolute Gasteiger partial charge is 0.478 e. The van der Waals surface area contributed by atoms with Crippen LogP contribution in [0.3, 0.4) is 0 Å². The lowest BCUT2D eigenvalue weighted by Gasteiger charge is -1.92. The van der Waals surface area contributed by atoms with Gasteiger partial charge in [0.1, 0.15) is 11.8 Å². The lowest BCUT2D eigenvalue weighted by atomic mass is 10.1. The van der Waals surface area contributed by atoms with Gasteiger partial charge in [0.05, 0.1) is 10.9 Å². The van der Waals surface area contributed by atoms with E-state index in [0.717, 1.165) is 6.26 Å². The van der Waals surface area contributed by atoms with Crippen molar-refractivity contribution in [1.82, 2.24) is 0 Å². The molecule has 0 saturated heterocycles. The molecule has 4 heteroatoms. The van der Waals surface area contributed by atoms with E-state index < -0.39 is 11.8 Å². The topological polar surface area (TPSA) is 50.4 Å². The highest BCUT2D eigenvalue weighted by Gasteiger charge is 2.08. The molecule has 0 saturated carbocycles. The molecule has 0 unspecified atom stereocenters. The van der Waals surface area contributed by atoms with Crippen molar-refractivity contribution in [3.63, 3.8) is 0 Å². The van der Waals surface area contributed by atoms with Gasteiger partial charge in [-0.1, -0.05) is 0 Å². The molecule has 0 aliphatic rings. The maximum Gasteiger partial charge on any atom is 0.335 e. The van der Waals surface area contributed by atoms with E-state index in [0.29, 0.717) is 5.58 Å². The Balaban J connectivity index is 2.72. The van der Waals surface area contributed by atoms with Crippen molar-refractivity contribution in [1.29, 1.82) is 0 Å². The Labute approximate surface area is 72.4 Å². The predicted molar refractivity (Wildman–Crippen MR) is 43.1 cm³/mol. The molecule has 2 rings (SSSR count). The molecule has 1 aromatic carbocycles. The Bertz CT molecular complexity index is 473. The smallest absolute Gasteiger partial charge is 0.335 e. The summed E-state index contributed by atoms with van der Waals surface area (Å²) in [6.45, 7) is 0. The fourth-order valence-corrected chi connectivity index (χ4v) is 1.13. The minimum absolute atomic E-state index is 0.0489. The molecule has 3 nitrogen and oxygen atoms in total. The van der Waals surface area contributed by atoms with Gasteiger partial charge in [-0.3, -0.25) is 0 Å². The number of aromatic carboxylic acids is 1. The Hall–Kier alpha value is -1.84. The quantitative estimate of drug-likeness (QED) is 0.732. The van der Waals surface area contributed by atoms with Crippen molar-refractivity contribution in [3.8, 4) is 0 Å². The van der Waals surface area contributed by atoms with Gasteiger partial charge in [-0.15, -0.1) is 0 Å². The Kier molecular flexibility index (Phi) is 1.55. The summed E-state index contributed by atoms with van der Waals surface area (Å²) in [5.41, 5.74) is 0.398. The number of benzene rings is 1. The van der Waals surface area contributed by atoms with Crippen LogP contribution in [-0.4, -0.2) is 11.1 Å². The maximum atomic E-state index is 12.9. The van der Waals surface area contributed by atoms with E-state index in [1.54, 1.807) is 0 Å². The van der Waals surface area contributed by atoms with Crippen molar-refractivity contribution in [2.45, 2.75) is 0 Å². The number of hydrogen-bond acceptors (Lipinski definition) is 2. The van der Waals surface area contributed by atoms with E-state index in [9.17, 15) is 9.18 Å². The third-order valence-electron chi connectivity index (χ3n) is 1.77. The molecule has 2 aromatic rings. The first-order valence-electron chi connectivity index (χ1n) is 3.58. The number of carboxylic acid groups (broad SMARTS) is 1. The number of carbonyl (C=O) groups is 1. The van der Waals surface area contributed by atoms with E-state index in [-0.39, 0.29) is 10.9 Å². The van der Waals surface area contributed by atoms with E-state index in [1.165, 1.54) is 18.2 Å². The van der Waals surface area contributed by atoms with Crippen molar-refractivity contribution in [2.24, 2.45) is 0 Å². The van der Waals surface area contributed by atoms with Crippen LogP contribution in [0, 0.1) is 5.82 Å². The molecule has 0 amide bonds. The molecule has 0 aliphatic heterocycles. The van der Waals surface area contributed by atoms with Crippen LogP contribution in [0.25, 0.3) is 11.0 Å². The van der Waals surface area contributed by atoms with Crippen molar-refractivity contribution < 1.29 is 18.7 Å². The number of carboxylic acids is 1. The van der Waals surface area contributed by atoms with Crippen molar-refractivity contribution in [3.05, 3.63) is 35.8 Å². The summed E-state index contributed by atoms with van der Waals surface area (Å²) in [6, 6.07) is 4.05. The zero-order chi connectivity index (χ0) is 9.42. The summed E-state index contributed by atoms with van der Waals surface area (Å²) in [7, 11) is 0. The van der Waals surface area contributed by atoms with E-state index >= 15 is 0 Å². The third-order valence-corrected chi connectivity index (χ3v) is 1.77. The summed E-state index contributed by atoms with van der Waals surface area (Å²) < 4.78 is 17.7. The van der Waals surface area contributed by atoms with E-state index in [4.69, 9.17) is 9.52 Å². The number of rotatable bonds is 1.